The lowest BCUT2D eigenvalue weighted by Crippen LogP contribution is -2.46. The average molecular weight is 923 g/mol. The molecule has 378 valence electrons. The van der Waals surface area contributed by atoms with Gasteiger partial charge in [-0.2, -0.15) is 0 Å². The normalized spacial score (nSPS) is 13.3. The van der Waals surface area contributed by atoms with Crippen LogP contribution in [-0.2, 0) is 22.4 Å². The summed E-state index contributed by atoms with van der Waals surface area (Å²) in [5, 5.41) is 18.5. The number of hydrogen-bond donors (Lipinski definition) is 3. The van der Waals surface area contributed by atoms with Crippen LogP contribution >= 0.6 is 0 Å². The lowest BCUT2D eigenvalue weighted by molar-refractivity contribution is -0.129. The minimum atomic E-state index is -1.11. The standard InChI is InChI=1S/C59H100F2N2O3/c1-5-7-9-11-13-15-17-19-21-23-25-27-29-34-44-62-53(48-51-47-52(60)38-39-55(51)61)49-54(64)40-42-59(3,4)43-41-57(65)58(66)56(46-50-36-32-31-33-37-50)63-45-35-30-28-26-24-22-20-18-16-14-12-10-8-6-2/h31-33,36-39,47,53,56,58,62-63,66H,5-30,34-35,40-46,48-49H2,1-4H3. The van der Waals surface area contributed by atoms with E-state index >= 15 is 0 Å². The van der Waals surface area contributed by atoms with Gasteiger partial charge in [-0.15, -0.1) is 0 Å². The molecule has 3 unspecified atom stereocenters. The molecule has 0 saturated heterocycles. The Kier molecular flexibility index (Phi) is 35.6. The molecule has 0 aromatic heterocycles. The van der Waals surface area contributed by atoms with Crippen LogP contribution < -0.4 is 10.6 Å². The fraction of sp³-hybridized carbons (Fsp3) is 0.763. The second-order valence-corrected chi connectivity index (χ2v) is 20.9. The van der Waals surface area contributed by atoms with Gasteiger partial charge in [0.05, 0.1) is 0 Å². The number of hydrogen-bond acceptors (Lipinski definition) is 5. The number of aliphatic hydroxyl groups excluding tert-OH is 1. The Balaban J connectivity index is 1.76. The van der Waals surface area contributed by atoms with E-state index in [4.69, 9.17) is 0 Å². The van der Waals surface area contributed by atoms with Crippen molar-refractivity contribution in [1.29, 1.82) is 0 Å². The molecule has 3 N–H and O–H groups in total. The molecule has 0 heterocycles. The molecule has 0 fully saturated rings. The number of benzene rings is 2. The molecule has 0 aliphatic heterocycles. The quantitative estimate of drug-likeness (QED) is 0.0577. The molecule has 0 aliphatic carbocycles. The van der Waals surface area contributed by atoms with Crippen molar-refractivity contribution < 1.29 is 23.5 Å². The highest BCUT2D eigenvalue weighted by molar-refractivity contribution is 5.83. The second-order valence-electron chi connectivity index (χ2n) is 20.9. The summed E-state index contributed by atoms with van der Waals surface area (Å²) in [6.07, 6.45) is 38.1. The summed E-state index contributed by atoms with van der Waals surface area (Å²) in [6, 6.07) is 13.0. The molecule has 3 atom stereocenters. The minimum absolute atomic E-state index is 0.0836. The van der Waals surface area contributed by atoms with E-state index in [0.717, 1.165) is 50.4 Å². The summed E-state index contributed by atoms with van der Waals surface area (Å²) in [6.45, 7) is 10.2. The maximum absolute atomic E-state index is 14.7. The van der Waals surface area contributed by atoms with Gasteiger partial charge < -0.3 is 15.7 Å². The fourth-order valence-corrected chi connectivity index (χ4v) is 9.39. The monoisotopic (exact) mass is 923 g/mol. The van der Waals surface area contributed by atoms with Gasteiger partial charge >= 0.3 is 0 Å². The zero-order valence-electron chi connectivity index (χ0n) is 43.0. The first-order valence-electron chi connectivity index (χ1n) is 27.7. The van der Waals surface area contributed by atoms with Gasteiger partial charge in [0, 0.05) is 31.3 Å². The largest absolute Gasteiger partial charge is 0.384 e. The molecular formula is C59H100F2N2O3. The van der Waals surface area contributed by atoms with Crippen LogP contribution in [0.15, 0.2) is 48.5 Å². The molecular weight excluding hydrogens is 823 g/mol. The number of Topliss-reactive ketones (excluding diaryl/α,β-unsaturated/α-hetero) is 2. The van der Waals surface area contributed by atoms with Crippen LogP contribution in [0.3, 0.4) is 0 Å². The highest BCUT2D eigenvalue weighted by Crippen LogP contribution is 2.30. The molecule has 2 aromatic rings. The number of carbonyl (C=O) groups is 2. The summed E-state index contributed by atoms with van der Waals surface area (Å²) in [7, 11) is 0. The van der Waals surface area contributed by atoms with E-state index in [-0.39, 0.29) is 48.3 Å². The van der Waals surface area contributed by atoms with Crippen LogP contribution in [0.1, 0.15) is 251 Å². The van der Waals surface area contributed by atoms with Crippen LogP contribution in [0.25, 0.3) is 0 Å². The van der Waals surface area contributed by atoms with Crippen LogP contribution in [0.2, 0.25) is 0 Å². The van der Waals surface area contributed by atoms with Gasteiger partial charge in [-0.3, -0.25) is 9.59 Å². The van der Waals surface area contributed by atoms with Gasteiger partial charge in [0.15, 0.2) is 5.78 Å². The van der Waals surface area contributed by atoms with Crippen molar-refractivity contribution in [2.75, 3.05) is 13.1 Å². The third kappa shape index (κ3) is 31.5. The lowest BCUT2D eigenvalue weighted by atomic mass is 9.80. The van der Waals surface area contributed by atoms with Gasteiger partial charge in [-0.1, -0.05) is 225 Å². The van der Waals surface area contributed by atoms with Crippen molar-refractivity contribution in [3.05, 3.63) is 71.3 Å². The third-order valence-electron chi connectivity index (χ3n) is 14.0. The van der Waals surface area contributed by atoms with Crippen molar-refractivity contribution in [3.63, 3.8) is 0 Å². The molecule has 0 aliphatic rings. The zero-order valence-corrected chi connectivity index (χ0v) is 43.0. The molecule has 0 radical (unpaired) electrons. The molecule has 0 amide bonds. The van der Waals surface area contributed by atoms with E-state index in [9.17, 15) is 23.5 Å². The van der Waals surface area contributed by atoms with Crippen molar-refractivity contribution in [3.8, 4) is 0 Å². The highest BCUT2D eigenvalue weighted by Gasteiger charge is 2.29. The van der Waals surface area contributed by atoms with Gasteiger partial charge in [-0.05, 0) is 86.4 Å². The minimum Gasteiger partial charge on any atom is -0.384 e. The Hall–Kier alpha value is -2.48. The number of unbranched alkanes of at least 4 members (excludes halogenated alkanes) is 26. The van der Waals surface area contributed by atoms with E-state index < -0.39 is 17.7 Å². The highest BCUT2D eigenvalue weighted by atomic mass is 19.1. The fourth-order valence-electron chi connectivity index (χ4n) is 9.39. The van der Waals surface area contributed by atoms with Crippen LogP contribution in [0, 0.1) is 17.0 Å². The van der Waals surface area contributed by atoms with E-state index in [0.29, 0.717) is 31.2 Å². The van der Waals surface area contributed by atoms with Gasteiger partial charge in [0.2, 0.25) is 0 Å². The molecule has 0 saturated carbocycles. The van der Waals surface area contributed by atoms with Crippen molar-refractivity contribution in [2.45, 2.75) is 271 Å². The Morgan fingerprint density at radius 2 is 1.00 bits per heavy atom. The summed E-state index contributed by atoms with van der Waals surface area (Å²) < 4.78 is 28.8. The Morgan fingerprint density at radius 1 is 0.561 bits per heavy atom. The maximum atomic E-state index is 14.7. The molecule has 7 heteroatoms. The molecule has 2 rings (SSSR count). The van der Waals surface area contributed by atoms with Crippen molar-refractivity contribution in [2.24, 2.45) is 5.41 Å². The predicted octanol–water partition coefficient (Wildman–Crippen LogP) is 16.1. The number of nitrogens with one attached hydrogen (secondary N) is 2. The SMILES string of the molecule is CCCCCCCCCCCCCCCCNC(CC(=O)CCC(C)(C)CCC(=O)C(O)C(Cc1ccccc1)NCCCCCCCCCCCCCCCC)Cc1cc(F)ccc1F. The molecule has 0 spiro atoms. The first kappa shape index (κ1) is 59.6. The van der Waals surface area contributed by atoms with Gasteiger partial charge in [0.25, 0.3) is 0 Å². The predicted molar refractivity (Wildman–Crippen MR) is 277 cm³/mol. The van der Waals surface area contributed by atoms with E-state index in [2.05, 4.69) is 38.3 Å². The van der Waals surface area contributed by atoms with E-state index in [1.54, 1.807) is 0 Å². The average Bonchev–Trinajstić information content (AvgIpc) is 3.31. The summed E-state index contributed by atoms with van der Waals surface area (Å²) in [5.74, 6) is -0.998. The lowest BCUT2D eigenvalue weighted by Gasteiger charge is -2.27. The van der Waals surface area contributed by atoms with E-state index in [1.165, 1.54) is 166 Å². The second kappa shape index (κ2) is 39.4. The number of ketones is 2. The molecule has 5 nitrogen and oxygen atoms in total. The number of halogens is 2. The Bertz CT molecular complexity index is 1470. The zero-order chi connectivity index (χ0) is 47.9. The van der Waals surface area contributed by atoms with Crippen molar-refractivity contribution >= 4 is 11.6 Å². The molecule has 0 bridgehead atoms. The van der Waals surface area contributed by atoms with E-state index in [1.807, 2.05) is 30.3 Å². The van der Waals surface area contributed by atoms with Crippen LogP contribution in [-0.4, -0.2) is 48.0 Å². The first-order valence-corrected chi connectivity index (χ1v) is 27.7. The molecule has 2 aromatic carbocycles. The third-order valence-corrected chi connectivity index (χ3v) is 14.0. The smallest absolute Gasteiger partial charge is 0.162 e. The summed E-state index contributed by atoms with van der Waals surface area (Å²) in [4.78, 5) is 27.0. The number of carbonyl (C=O) groups excluding carboxylic acids is 2. The summed E-state index contributed by atoms with van der Waals surface area (Å²) >= 11 is 0. The van der Waals surface area contributed by atoms with Crippen LogP contribution in [0.5, 0.6) is 0 Å². The van der Waals surface area contributed by atoms with Gasteiger partial charge in [0.1, 0.15) is 23.5 Å². The Morgan fingerprint density at radius 3 is 1.48 bits per heavy atom. The Labute approximate surface area is 404 Å². The number of rotatable bonds is 46. The topological polar surface area (TPSA) is 78.4 Å². The van der Waals surface area contributed by atoms with Gasteiger partial charge in [-0.25, -0.2) is 8.78 Å². The van der Waals surface area contributed by atoms with Crippen LogP contribution in [0.4, 0.5) is 8.78 Å². The first-order chi connectivity index (χ1) is 32.0. The summed E-state index contributed by atoms with van der Waals surface area (Å²) in [5.41, 5.74) is 1.10. The number of aliphatic hydroxyl groups is 1. The molecule has 66 heavy (non-hydrogen) atoms. The maximum Gasteiger partial charge on any atom is 0.162 e. The van der Waals surface area contributed by atoms with Crippen molar-refractivity contribution in [1.82, 2.24) is 10.6 Å².